The van der Waals surface area contributed by atoms with Crippen LogP contribution in [0.25, 0.3) is 11.3 Å². The summed E-state index contributed by atoms with van der Waals surface area (Å²) in [6, 6.07) is 27.6. The maximum absolute atomic E-state index is 12.6. The maximum atomic E-state index is 12.6. The molecule has 0 saturated heterocycles. The predicted octanol–water partition coefficient (Wildman–Crippen LogP) is 4.83. The first-order valence-corrected chi connectivity index (χ1v) is 9.48. The highest BCUT2D eigenvalue weighted by Crippen LogP contribution is 2.33. The molecule has 3 aromatic rings. The molecule has 0 radical (unpaired) electrons. The Morgan fingerprint density at radius 3 is 1.47 bits per heavy atom. The molecule has 150 valence electrons. The van der Waals surface area contributed by atoms with Crippen molar-refractivity contribution in [2.45, 2.75) is 13.8 Å². The second-order valence-electron chi connectivity index (χ2n) is 6.64. The average Bonchev–Trinajstić information content (AvgIpc) is 2.77. The zero-order valence-electron chi connectivity index (χ0n) is 16.8. The number of hydrogen-bond acceptors (Lipinski definition) is 4. The van der Waals surface area contributed by atoms with Crippen LogP contribution in [-0.4, -0.2) is 27.6 Å². The number of nitrogens with zero attached hydrogens (tertiary/aromatic N) is 2. The smallest absolute Gasteiger partial charge is 0.230 e. The number of amides is 2. The van der Waals surface area contributed by atoms with Gasteiger partial charge in [-0.3, -0.25) is 9.59 Å². The number of carbonyl (C=O) groups excluding carboxylic acids is 2. The third-order valence-corrected chi connectivity index (χ3v) is 4.58. The molecule has 30 heavy (non-hydrogen) atoms. The number of hydrogen-bond donors (Lipinski definition) is 1. The van der Waals surface area contributed by atoms with Gasteiger partial charge in [-0.05, 0) is 11.1 Å². The molecular weight excluding hydrogens is 376 g/mol. The molecule has 1 N–H and O–H groups in total. The Morgan fingerprint density at radius 1 is 0.667 bits per heavy atom. The molecule has 5 heteroatoms. The fraction of sp³-hybridized carbons (Fsp3) is 0.0800. The van der Waals surface area contributed by atoms with E-state index in [1.807, 2.05) is 91.0 Å². The Hall–Kier alpha value is -3.99. The van der Waals surface area contributed by atoms with E-state index in [0.29, 0.717) is 28.0 Å². The van der Waals surface area contributed by atoms with Crippen LogP contribution in [0.4, 0.5) is 0 Å². The highest BCUT2D eigenvalue weighted by Gasteiger charge is 2.28. The fourth-order valence-electron chi connectivity index (χ4n) is 3.36. The molecule has 0 spiro atoms. The van der Waals surface area contributed by atoms with Gasteiger partial charge in [-0.15, -0.1) is 0 Å². The van der Waals surface area contributed by atoms with Gasteiger partial charge >= 0.3 is 0 Å². The summed E-state index contributed by atoms with van der Waals surface area (Å²) in [6.07, 6.45) is 0. The zero-order valence-corrected chi connectivity index (χ0v) is 16.8. The number of allylic oxidation sites excluding steroid dienone is 1. The van der Waals surface area contributed by atoms with Crippen molar-refractivity contribution in [2.24, 2.45) is 5.16 Å². The Bertz CT molecular complexity index is 1080. The maximum Gasteiger partial charge on any atom is 0.230 e. The Labute approximate surface area is 175 Å². The highest BCUT2D eigenvalue weighted by atomic mass is 16.4. The van der Waals surface area contributed by atoms with Crippen molar-refractivity contribution in [1.29, 1.82) is 0 Å². The molecular formula is C25H22N2O3. The third kappa shape index (κ3) is 4.36. The second kappa shape index (κ2) is 9.47. The summed E-state index contributed by atoms with van der Waals surface area (Å²) < 4.78 is 0. The highest BCUT2D eigenvalue weighted by molar-refractivity contribution is 6.37. The molecule has 0 heterocycles. The van der Waals surface area contributed by atoms with Crippen molar-refractivity contribution in [3.8, 4) is 0 Å². The predicted molar refractivity (Wildman–Crippen MR) is 118 cm³/mol. The summed E-state index contributed by atoms with van der Waals surface area (Å²) in [5, 5.41) is 13.6. The molecule has 3 aromatic carbocycles. The number of rotatable bonds is 5. The molecule has 0 saturated carbocycles. The van der Waals surface area contributed by atoms with E-state index >= 15 is 0 Å². The molecule has 0 aliphatic heterocycles. The first kappa shape index (κ1) is 20.7. The molecule has 2 amide bonds. The van der Waals surface area contributed by atoms with Crippen LogP contribution in [0.1, 0.15) is 30.5 Å². The Balaban J connectivity index is 2.46. The van der Waals surface area contributed by atoms with Crippen LogP contribution < -0.4 is 0 Å². The molecule has 0 unspecified atom stereocenters. The Kier molecular flexibility index (Phi) is 6.55. The van der Waals surface area contributed by atoms with Crippen LogP contribution in [0.3, 0.4) is 0 Å². The summed E-state index contributed by atoms with van der Waals surface area (Å²) in [7, 11) is 0. The van der Waals surface area contributed by atoms with Crippen LogP contribution in [0.5, 0.6) is 0 Å². The van der Waals surface area contributed by atoms with Crippen molar-refractivity contribution >= 4 is 28.8 Å². The number of carbonyl (C=O) groups is 2. The minimum absolute atomic E-state index is 0.258. The summed E-state index contributed by atoms with van der Waals surface area (Å²) >= 11 is 0. The summed E-state index contributed by atoms with van der Waals surface area (Å²) in [4.78, 5) is 26.2. The minimum Gasteiger partial charge on any atom is -0.410 e. The summed E-state index contributed by atoms with van der Waals surface area (Å²) in [5.41, 5.74) is 3.10. The standard InChI is InChI=1S/C25H22N2O3/c1-18(28)27(19(2)29)25(22-16-10-5-11-17-22)23(20-12-6-3-7-13-20)24(26-30)21-14-8-4-9-15-21/h3-17,30H,1-2H3. The monoisotopic (exact) mass is 398 g/mol. The number of imide groups is 1. The van der Waals surface area contributed by atoms with Gasteiger partial charge in [-0.25, -0.2) is 4.90 Å². The molecule has 3 rings (SSSR count). The van der Waals surface area contributed by atoms with Gasteiger partial charge in [0, 0.05) is 25.0 Å². The molecule has 0 atom stereocenters. The SMILES string of the molecule is CC(=O)N(C(C)=O)C(=C(C(=NO)c1ccccc1)c1ccccc1)c1ccccc1. The van der Waals surface area contributed by atoms with Gasteiger partial charge in [0.2, 0.25) is 11.8 Å². The average molecular weight is 398 g/mol. The molecule has 0 bridgehead atoms. The van der Waals surface area contributed by atoms with Gasteiger partial charge in [0.1, 0.15) is 5.71 Å². The number of oxime groups is 1. The lowest BCUT2D eigenvalue weighted by Gasteiger charge is -2.26. The van der Waals surface area contributed by atoms with Crippen molar-refractivity contribution in [2.75, 3.05) is 0 Å². The summed E-state index contributed by atoms with van der Waals surface area (Å²) in [5.74, 6) is -0.861. The molecule has 0 fully saturated rings. The second-order valence-corrected chi connectivity index (χ2v) is 6.64. The lowest BCUT2D eigenvalue weighted by Crippen LogP contribution is -2.33. The molecule has 0 aliphatic carbocycles. The molecule has 0 aliphatic rings. The van der Waals surface area contributed by atoms with E-state index in [1.165, 1.54) is 13.8 Å². The zero-order chi connectivity index (χ0) is 21.5. The van der Waals surface area contributed by atoms with E-state index in [0.717, 1.165) is 4.90 Å². The quantitative estimate of drug-likeness (QED) is 0.290. The third-order valence-electron chi connectivity index (χ3n) is 4.58. The van der Waals surface area contributed by atoms with Gasteiger partial charge in [-0.2, -0.15) is 0 Å². The van der Waals surface area contributed by atoms with Crippen LogP contribution in [-0.2, 0) is 9.59 Å². The van der Waals surface area contributed by atoms with Crippen molar-refractivity contribution in [3.63, 3.8) is 0 Å². The molecule has 5 nitrogen and oxygen atoms in total. The fourth-order valence-corrected chi connectivity index (χ4v) is 3.36. The van der Waals surface area contributed by atoms with Crippen molar-refractivity contribution in [3.05, 3.63) is 108 Å². The van der Waals surface area contributed by atoms with E-state index in [2.05, 4.69) is 5.16 Å². The first-order chi connectivity index (χ1) is 14.5. The van der Waals surface area contributed by atoms with Gasteiger partial charge in [0.05, 0.1) is 5.70 Å². The lowest BCUT2D eigenvalue weighted by molar-refractivity contribution is -0.137. The van der Waals surface area contributed by atoms with Crippen LogP contribution >= 0.6 is 0 Å². The van der Waals surface area contributed by atoms with Crippen LogP contribution in [0.2, 0.25) is 0 Å². The summed E-state index contributed by atoms with van der Waals surface area (Å²) in [6.45, 7) is 2.68. The van der Waals surface area contributed by atoms with Gasteiger partial charge in [0.15, 0.2) is 0 Å². The van der Waals surface area contributed by atoms with Crippen LogP contribution in [0.15, 0.2) is 96.2 Å². The lowest BCUT2D eigenvalue weighted by atomic mass is 9.91. The topological polar surface area (TPSA) is 70.0 Å². The largest absolute Gasteiger partial charge is 0.410 e. The van der Waals surface area contributed by atoms with Crippen molar-refractivity contribution in [1.82, 2.24) is 4.90 Å². The number of benzene rings is 3. The van der Waals surface area contributed by atoms with Crippen molar-refractivity contribution < 1.29 is 14.8 Å². The van der Waals surface area contributed by atoms with Gasteiger partial charge < -0.3 is 5.21 Å². The van der Waals surface area contributed by atoms with E-state index in [9.17, 15) is 14.8 Å². The normalized spacial score (nSPS) is 12.1. The van der Waals surface area contributed by atoms with E-state index in [-0.39, 0.29) is 5.71 Å². The van der Waals surface area contributed by atoms with E-state index in [4.69, 9.17) is 0 Å². The van der Waals surface area contributed by atoms with Gasteiger partial charge in [0.25, 0.3) is 0 Å². The van der Waals surface area contributed by atoms with Crippen LogP contribution in [0, 0.1) is 0 Å². The Morgan fingerprint density at radius 2 is 1.07 bits per heavy atom. The minimum atomic E-state index is -0.430. The van der Waals surface area contributed by atoms with E-state index in [1.54, 1.807) is 0 Å². The molecule has 0 aromatic heterocycles. The van der Waals surface area contributed by atoms with E-state index < -0.39 is 11.8 Å². The van der Waals surface area contributed by atoms with Gasteiger partial charge in [-0.1, -0.05) is 96.2 Å². The first-order valence-electron chi connectivity index (χ1n) is 9.48.